The highest BCUT2D eigenvalue weighted by Crippen LogP contribution is 2.59. The van der Waals surface area contributed by atoms with E-state index in [0.29, 0.717) is 24.8 Å². The molecule has 2 aromatic carbocycles. The third-order valence-electron chi connectivity index (χ3n) is 9.94. The molecule has 2 aromatic rings. The van der Waals surface area contributed by atoms with E-state index in [0.717, 1.165) is 16.8 Å². The third kappa shape index (κ3) is 6.79. The Labute approximate surface area is 287 Å². The number of benzene rings is 2. The number of amides is 3. The number of aryl methyl sites for hydroxylation is 2. The van der Waals surface area contributed by atoms with Gasteiger partial charge in [-0.05, 0) is 49.8 Å². The third-order valence-corrected chi connectivity index (χ3v) is 9.94. The molecule has 3 saturated heterocycles. The topological polar surface area (TPSA) is 135 Å². The van der Waals surface area contributed by atoms with Crippen molar-refractivity contribution in [3.63, 3.8) is 0 Å². The van der Waals surface area contributed by atoms with E-state index in [-0.39, 0.29) is 44.5 Å². The lowest BCUT2D eigenvalue weighted by Crippen LogP contribution is -2.57. The average molecular weight is 674 g/mol. The first-order valence-electron chi connectivity index (χ1n) is 16.9. The van der Waals surface area contributed by atoms with Crippen molar-refractivity contribution in [1.82, 2.24) is 10.2 Å². The number of ether oxygens (including phenoxy) is 3. The molecule has 0 unspecified atom stereocenters. The summed E-state index contributed by atoms with van der Waals surface area (Å²) in [5, 5.41) is 13.0. The molecule has 0 radical (unpaired) electrons. The second kappa shape index (κ2) is 15.5. The van der Waals surface area contributed by atoms with Gasteiger partial charge in [0.05, 0.1) is 37.2 Å². The Bertz CT molecular complexity index is 1540. The monoisotopic (exact) mass is 673 g/mol. The summed E-state index contributed by atoms with van der Waals surface area (Å²) in [6.07, 6.45) is 3.21. The van der Waals surface area contributed by atoms with E-state index < -0.39 is 53.6 Å². The van der Waals surface area contributed by atoms with Gasteiger partial charge in [0.1, 0.15) is 17.7 Å². The minimum Gasteiger partial charge on any atom is -0.455 e. The molecule has 262 valence electrons. The van der Waals surface area contributed by atoms with E-state index in [4.69, 9.17) is 14.2 Å². The van der Waals surface area contributed by atoms with Crippen LogP contribution in [0, 0.1) is 25.7 Å². The molecule has 11 nitrogen and oxygen atoms in total. The Balaban J connectivity index is 1.49. The maximum absolute atomic E-state index is 14.7. The van der Waals surface area contributed by atoms with Gasteiger partial charge in [-0.1, -0.05) is 60.7 Å². The van der Waals surface area contributed by atoms with E-state index in [1.807, 2.05) is 50.2 Å². The van der Waals surface area contributed by atoms with E-state index >= 15 is 0 Å². The zero-order valence-corrected chi connectivity index (χ0v) is 28.5. The standard InChI is InChI=1S/C38H47N3O8/c1-6-8-17-29(43)39-27(23-47-5)33(26-15-10-9-11-16-26)48-37(46)30-28-18-19-38(49-28)31(30)35(44)41(21-22-42)34(38)36(45)40(20-7-2)32-24(3)13-12-14-25(32)4/h6-7,9-16,27-28,30-31,33-34,42H,1-2,8,17-23H2,3-5H3,(H,39,43)/t27-,28-,30+,31+,33-,34-,38+/m0/s1. The number of fused-ring (bicyclic) bond motifs is 1. The number of allylic oxidation sites excluding steroid dienone is 1. The Kier molecular flexibility index (Phi) is 11.4. The molecule has 0 aliphatic carbocycles. The molecule has 2 bridgehead atoms. The number of para-hydroxylation sites is 1. The quantitative estimate of drug-likeness (QED) is 0.204. The van der Waals surface area contributed by atoms with Crippen LogP contribution in [0.3, 0.4) is 0 Å². The number of anilines is 1. The van der Waals surface area contributed by atoms with Crippen LogP contribution in [0.4, 0.5) is 5.69 Å². The van der Waals surface area contributed by atoms with E-state index in [2.05, 4.69) is 18.5 Å². The van der Waals surface area contributed by atoms with Crippen molar-refractivity contribution in [2.45, 2.75) is 69.4 Å². The molecule has 3 amide bonds. The van der Waals surface area contributed by atoms with Gasteiger partial charge in [-0.25, -0.2) is 0 Å². The van der Waals surface area contributed by atoms with Crippen molar-refractivity contribution in [3.8, 4) is 0 Å². The normalized spacial score (nSPS) is 25.0. The summed E-state index contributed by atoms with van der Waals surface area (Å²) < 4.78 is 18.3. The van der Waals surface area contributed by atoms with Gasteiger partial charge >= 0.3 is 5.97 Å². The van der Waals surface area contributed by atoms with Gasteiger partial charge in [0.25, 0.3) is 5.91 Å². The molecule has 2 N–H and O–H groups in total. The molecule has 5 rings (SSSR count). The molecular weight excluding hydrogens is 626 g/mol. The number of esters is 1. The molecule has 1 spiro atoms. The number of likely N-dealkylation sites (tertiary alicyclic amines) is 1. The van der Waals surface area contributed by atoms with Crippen LogP contribution >= 0.6 is 0 Å². The summed E-state index contributed by atoms with van der Waals surface area (Å²) in [7, 11) is 1.50. The zero-order chi connectivity index (χ0) is 35.3. The average Bonchev–Trinajstić information content (AvgIpc) is 3.73. The lowest BCUT2D eigenvalue weighted by Gasteiger charge is -2.37. The number of carbonyl (C=O) groups excluding carboxylic acids is 4. The smallest absolute Gasteiger partial charge is 0.313 e. The van der Waals surface area contributed by atoms with Crippen LogP contribution in [0.1, 0.15) is 48.5 Å². The Hall–Kier alpha value is -4.32. The summed E-state index contributed by atoms with van der Waals surface area (Å²) in [5.74, 6) is -3.70. The molecule has 3 aliphatic heterocycles. The molecular formula is C38H47N3O8. The number of methoxy groups -OCH3 is 1. The maximum Gasteiger partial charge on any atom is 0.313 e. The van der Waals surface area contributed by atoms with Crippen molar-refractivity contribution in [2.75, 3.05) is 38.3 Å². The van der Waals surface area contributed by atoms with Gasteiger partial charge in [-0.15, -0.1) is 13.2 Å². The highest BCUT2D eigenvalue weighted by Gasteiger charge is 2.75. The first-order valence-corrected chi connectivity index (χ1v) is 16.9. The number of rotatable bonds is 16. The number of β-amino-alcohol motifs (C(OH)–C–C–N with tert-alkyl or cyclic N) is 1. The highest BCUT2D eigenvalue weighted by molar-refractivity contribution is 6.05. The number of aliphatic hydroxyl groups excluding tert-OH is 1. The van der Waals surface area contributed by atoms with Gasteiger partial charge in [0, 0.05) is 32.3 Å². The van der Waals surface area contributed by atoms with Crippen LogP contribution < -0.4 is 10.2 Å². The van der Waals surface area contributed by atoms with Crippen LogP contribution in [0.5, 0.6) is 0 Å². The molecule has 3 aliphatic rings. The predicted octanol–water partition coefficient (Wildman–Crippen LogP) is 3.57. The summed E-state index contributed by atoms with van der Waals surface area (Å²) in [6, 6.07) is 13.0. The van der Waals surface area contributed by atoms with Crippen molar-refractivity contribution >= 4 is 29.4 Å². The molecule has 11 heteroatoms. The number of nitrogens with zero attached hydrogens (tertiary/aromatic N) is 2. The van der Waals surface area contributed by atoms with Crippen molar-refractivity contribution in [3.05, 3.63) is 90.5 Å². The molecule has 7 atom stereocenters. The fourth-order valence-corrected chi connectivity index (χ4v) is 7.97. The minimum absolute atomic E-state index is 0.0574. The summed E-state index contributed by atoms with van der Waals surface area (Å²) in [6.45, 7) is 11.2. The van der Waals surface area contributed by atoms with Gasteiger partial charge in [-0.3, -0.25) is 19.2 Å². The number of aliphatic hydroxyl groups is 1. The lowest BCUT2D eigenvalue weighted by molar-refractivity contribution is -0.163. The van der Waals surface area contributed by atoms with Gasteiger partial charge in [-0.2, -0.15) is 0 Å². The summed E-state index contributed by atoms with van der Waals surface area (Å²) >= 11 is 0. The Morgan fingerprint density at radius 1 is 1.12 bits per heavy atom. The minimum atomic E-state index is -1.29. The van der Waals surface area contributed by atoms with Crippen LogP contribution in [-0.4, -0.2) is 90.9 Å². The fourth-order valence-electron chi connectivity index (χ4n) is 7.97. The molecule has 0 saturated carbocycles. The highest BCUT2D eigenvalue weighted by atomic mass is 16.6. The number of nitrogens with one attached hydrogen (secondary N) is 1. The molecule has 3 fully saturated rings. The van der Waals surface area contributed by atoms with Crippen molar-refractivity contribution in [2.24, 2.45) is 11.8 Å². The van der Waals surface area contributed by atoms with Gasteiger partial charge in [0.15, 0.2) is 0 Å². The molecule has 3 heterocycles. The second-order valence-corrected chi connectivity index (χ2v) is 13.0. The first kappa shape index (κ1) is 36.0. The summed E-state index contributed by atoms with van der Waals surface area (Å²) in [5.41, 5.74) is 1.84. The lowest BCUT2D eigenvalue weighted by atomic mass is 9.70. The van der Waals surface area contributed by atoms with E-state index in [9.17, 15) is 24.3 Å². The van der Waals surface area contributed by atoms with Crippen LogP contribution in [-0.2, 0) is 33.4 Å². The zero-order valence-electron chi connectivity index (χ0n) is 28.5. The summed E-state index contributed by atoms with van der Waals surface area (Å²) in [4.78, 5) is 59.2. The first-order chi connectivity index (χ1) is 23.6. The Morgan fingerprint density at radius 3 is 2.47 bits per heavy atom. The number of hydrogen-bond acceptors (Lipinski definition) is 8. The van der Waals surface area contributed by atoms with Gasteiger partial charge < -0.3 is 34.4 Å². The van der Waals surface area contributed by atoms with Crippen LogP contribution in [0.15, 0.2) is 73.8 Å². The maximum atomic E-state index is 14.7. The SMILES string of the molecule is C=CCCC(=O)N[C@@H](COC)[C@@H](OC(=O)[C@@H]1[C@@H]2CC[C@]3(O2)[C@H](C(=O)N(CC=C)c2c(C)cccc2C)N(CCO)C(=O)[C@@H]13)c1ccccc1. The number of hydrogen-bond donors (Lipinski definition) is 2. The Morgan fingerprint density at radius 2 is 1.84 bits per heavy atom. The van der Waals surface area contributed by atoms with Gasteiger partial charge in [0.2, 0.25) is 11.8 Å². The fraction of sp³-hybridized carbons (Fsp3) is 0.474. The van der Waals surface area contributed by atoms with E-state index in [1.165, 1.54) is 12.0 Å². The molecule has 0 aromatic heterocycles. The largest absolute Gasteiger partial charge is 0.455 e. The number of carbonyl (C=O) groups is 4. The van der Waals surface area contributed by atoms with Crippen LogP contribution in [0.2, 0.25) is 0 Å². The van der Waals surface area contributed by atoms with Crippen molar-refractivity contribution in [1.29, 1.82) is 0 Å². The van der Waals surface area contributed by atoms with Crippen LogP contribution in [0.25, 0.3) is 0 Å². The predicted molar refractivity (Wildman–Crippen MR) is 183 cm³/mol. The van der Waals surface area contributed by atoms with E-state index in [1.54, 1.807) is 29.2 Å². The molecule has 49 heavy (non-hydrogen) atoms. The second-order valence-electron chi connectivity index (χ2n) is 13.0. The van der Waals surface area contributed by atoms with Crippen molar-refractivity contribution < 1.29 is 38.5 Å².